The van der Waals surface area contributed by atoms with Crippen molar-refractivity contribution in [1.82, 2.24) is 5.32 Å². The van der Waals surface area contributed by atoms with E-state index in [0.29, 0.717) is 16.7 Å². The van der Waals surface area contributed by atoms with Gasteiger partial charge in [-0.15, -0.1) is 11.3 Å². The minimum absolute atomic E-state index is 0.361. The second kappa shape index (κ2) is 7.77. The minimum atomic E-state index is -0.361. The van der Waals surface area contributed by atoms with Crippen LogP contribution in [-0.2, 0) is 4.74 Å². The van der Waals surface area contributed by atoms with Gasteiger partial charge in [0, 0.05) is 10.9 Å². The van der Waals surface area contributed by atoms with Gasteiger partial charge in [-0.05, 0) is 36.7 Å². The quantitative estimate of drug-likeness (QED) is 0.624. The normalized spacial score (nSPS) is 14.4. The molecule has 0 saturated heterocycles. The number of methoxy groups -OCH3 is 1. The number of anilines is 1. The molecule has 1 fully saturated rings. The maximum atomic E-state index is 12.1. The van der Waals surface area contributed by atoms with Crippen LogP contribution in [-0.4, -0.2) is 24.2 Å². The molecule has 0 amide bonds. The number of ether oxygens (including phenoxy) is 1. The van der Waals surface area contributed by atoms with E-state index in [4.69, 9.17) is 17.0 Å². The van der Waals surface area contributed by atoms with Crippen molar-refractivity contribution >= 4 is 39.6 Å². The molecule has 0 bridgehead atoms. The molecule has 1 aliphatic carbocycles. The first-order valence-electron chi connectivity index (χ1n) is 8.02. The van der Waals surface area contributed by atoms with Crippen LogP contribution in [0.15, 0.2) is 36.4 Å². The molecule has 6 heteroatoms. The van der Waals surface area contributed by atoms with Crippen LogP contribution in [0, 0.1) is 0 Å². The van der Waals surface area contributed by atoms with Gasteiger partial charge in [0.05, 0.1) is 12.7 Å². The smallest absolute Gasteiger partial charge is 0.340 e. The van der Waals surface area contributed by atoms with Crippen LogP contribution in [0.1, 0.15) is 36.0 Å². The number of esters is 1. The molecule has 0 unspecified atom stereocenters. The average molecular weight is 361 g/mol. The average Bonchev–Trinajstić information content (AvgIpc) is 3.25. The van der Waals surface area contributed by atoms with E-state index < -0.39 is 0 Å². The Morgan fingerprint density at radius 3 is 2.62 bits per heavy atom. The molecular weight excluding hydrogens is 340 g/mol. The molecule has 1 aliphatic rings. The summed E-state index contributed by atoms with van der Waals surface area (Å²) in [5.41, 5.74) is 1.58. The highest BCUT2D eigenvalue weighted by Crippen LogP contribution is 2.35. The molecule has 24 heavy (non-hydrogen) atoms. The van der Waals surface area contributed by atoms with Crippen LogP contribution in [0.5, 0.6) is 0 Å². The Bertz CT molecular complexity index is 722. The third-order valence-corrected chi connectivity index (χ3v) is 5.43. The second-order valence-corrected chi connectivity index (χ2v) is 7.25. The SMILES string of the molecule is COC(=O)c1cc(-c2ccccc2)sc1NC(=S)NC1CCCC1. The Kier molecular flexibility index (Phi) is 5.48. The predicted molar refractivity (Wildman–Crippen MR) is 103 cm³/mol. The molecule has 0 radical (unpaired) electrons. The summed E-state index contributed by atoms with van der Waals surface area (Å²) in [6, 6.07) is 12.3. The Morgan fingerprint density at radius 2 is 1.96 bits per heavy atom. The molecule has 4 nitrogen and oxygen atoms in total. The molecule has 0 atom stereocenters. The van der Waals surface area contributed by atoms with Gasteiger partial charge in [0.2, 0.25) is 0 Å². The number of thiophene rings is 1. The van der Waals surface area contributed by atoms with Crippen molar-refractivity contribution in [3.05, 3.63) is 42.0 Å². The maximum absolute atomic E-state index is 12.1. The molecule has 0 aliphatic heterocycles. The van der Waals surface area contributed by atoms with Crippen LogP contribution in [0.3, 0.4) is 0 Å². The first-order chi connectivity index (χ1) is 11.7. The van der Waals surface area contributed by atoms with Gasteiger partial charge >= 0.3 is 5.97 Å². The predicted octanol–water partition coefficient (Wildman–Crippen LogP) is 4.43. The summed E-state index contributed by atoms with van der Waals surface area (Å²) in [5.74, 6) is -0.361. The van der Waals surface area contributed by atoms with Crippen molar-refractivity contribution in [2.24, 2.45) is 0 Å². The Morgan fingerprint density at radius 1 is 1.25 bits per heavy atom. The zero-order valence-electron chi connectivity index (χ0n) is 13.5. The number of carbonyl (C=O) groups excluding carboxylic acids is 1. The second-order valence-electron chi connectivity index (χ2n) is 5.79. The summed E-state index contributed by atoms with van der Waals surface area (Å²) >= 11 is 6.92. The van der Waals surface area contributed by atoms with Crippen molar-refractivity contribution in [3.63, 3.8) is 0 Å². The Hall–Kier alpha value is -1.92. The highest BCUT2D eigenvalue weighted by Gasteiger charge is 2.20. The number of benzene rings is 1. The van der Waals surface area contributed by atoms with Gasteiger partial charge in [-0.3, -0.25) is 0 Å². The van der Waals surface area contributed by atoms with Crippen LogP contribution in [0.4, 0.5) is 5.00 Å². The van der Waals surface area contributed by atoms with E-state index in [1.54, 1.807) is 0 Å². The standard InChI is InChI=1S/C18H20N2O2S2/c1-22-17(21)14-11-15(12-7-3-2-4-8-12)24-16(14)20-18(23)19-13-9-5-6-10-13/h2-4,7-8,11,13H,5-6,9-10H2,1H3,(H2,19,20,23). The lowest BCUT2D eigenvalue weighted by Gasteiger charge is -2.15. The fourth-order valence-electron chi connectivity index (χ4n) is 2.88. The van der Waals surface area contributed by atoms with Crippen LogP contribution in [0.25, 0.3) is 10.4 Å². The number of hydrogen-bond donors (Lipinski definition) is 2. The number of nitrogens with one attached hydrogen (secondary N) is 2. The minimum Gasteiger partial charge on any atom is -0.465 e. The lowest BCUT2D eigenvalue weighted by molar-refractivity contribution is 0.0602. The summed E-state index contributed by atoms with van der Waals surface area (Å²) in [5, 5.41) is 7.80. The molecule has 1 saturated carbocycles. The van der Waals surface area contributed by atoms with Crippen molar-refractivity contribution < 1.29 is 9.53 Å². The van der Waals surface area contributed by atoms with E-state index in [1.807, 2.05) is 36.4 Å². The summed E-state index contributed by atoms with van der Waals surface area (Å²) in [6.07, 6.45) is 4.77. The summed E-state index contributed by atoms with van der Waals surface area (Å²) < 4.78 is 4.91. The third kappa shape index (κ3) is 3.94. The number of thiocarbonyl (C=S) groups is 1. The molecule has 2 aromatic rings. The van der Waals surface area contributed by atoms with Crippen LogP contribution in [0.2, 0.25) is 0 Å². The fraction of sp³-hybridized carbons (Fsp3) is 0.333. The van der Waals surface area contributed by atoms with E-state index in [-0.39, 0.29) is 5.97 Å². The number of rotatable bonds is 4. The first kappa shape index (κ1) is 16.9. The highest BCUT2D eigenvalue weighted by molar-refractivity contribution is 7.80. The van der Waals surface area contributed by atoms with E-state index in [2.05, 4.69) is 10.6 Å². The highest BCUT2D eigenvalue weighted by atomic mass is 32.1. The van der Waals surface area contributed by atoms with Crippen molar-refractivity contribution in [2.75, 3.05) is 12.4 Å². The fourth-order valence-corrected chi connectivity index (χ4v) is 4.27. The summed E-state index contributed by atoms with van der Waals surface area (Å²) in [6.45, 7) is 0. The topological polar surface area (TPSA) is 50.4 Å². The zero-order valence-corrected chi connectivity index (χ0v) is 15.1. The zero-order chi connectivity index (χ0) is 16.9. The monoisotopic (exact) mass is 360 g/mol. The molecule has 2 N–H and O–H groups in total. The number of hydrogen-bond acceptors (Lipinski definition) is 4. The van der Waals surface area contributed by atoms with Crippen LogP contribution >= 0.6 is 23.6 Å². The van der Waals surface area contributed by atoms with Crippen molar-refractivity contribution in [1.29, 1.82) is 0 Å². The van der Waals surface area contributed by atoms with Gasteiger partial charge in [0.15, 0.2) is 5.11 Å². The Balaban J connectivity index is 1.81. The molecule has 0 spiro atoms. The van der Waals surface area contributed by atoms with Gasteiger partial charge in [0.1, 0.15) is 5.00 Å². The van der Waals surface area contributed by atoms with Gasteiger partial charge in [-0.25, -0.2) is 4.79 Å². The molecule has 1 aromatic carbocycles. The Labute approximate surface area is 151 Å². The molecule has 3 rings (SSSR count). The summed E-state index contributed by atoms with van der Waals surface area (Å²) in [4.78, 5) is 13.1. The summed E-state index contributed by atoms with van der Waals surface area (Å²) in [7, 11) is 1.39. The van der Waals surface area contributed by atoms with Crippen molar-refractivity contribution in [2.45, 2.75) is 31.7 Å². The van der Waals surface area contributed by atoms with Gasteiger partial charge in [-0.1, -0.05) is 43.2 Å². The molecule has 1 aromatic heterocycles. The van der Waals surface area contributed by atoms with Gasteiger partial charge < -0.3 is 15.4 Å². The molecule has 126 valence electrons. The third-order valence-electron chi connectivity index (χ3n) is 4.11. The lowest BCUT2D eigenvalue weighted by atomic mass is 10.1. The lowest BCUT2D eigenvalue weighted by Crippen LogP contribution is -2.36. The van der Waals surface area contributed by atoms with E-state index in [1.165, 1.54) is 31.3 Å². The van der Waals surface area contributed by atoms with E-state index in [9.17, 15) is 4.79 Å². The first-order valence-corrected chi connectivity index (χ1v) is 9.25. The largest absolute Gasteiger partial charge is 0.465 e. The molecular formula is C18H20N2O2S2. The maximum Gasteiger partial charge on any atom is 0.340 e. The van der Waals surface area contributed by atoms with Gasteiger partial charge in [0.25, 0.3) is 0 Å². The van der Waals surface area contributed by atoms with Crippen molar-refractivity contribution in [3.8, 4) is 10.4 Å². The number of carbonyl (C=O) groups is 1. The van der Waals surface area contributed by atoms with E-state index >= 15 is 0 Å². The van der Waals surface area contributed by atoms with E-state index in [0.717, 1.165) is 28.3 Å². The van der Waals surface area contributed by atoms with Crippen LogP contribution < -0.4 is 10.6 Å². The molecule has 1 heterocycles. The van der Waals surface area contributed by atoms with Gasteiger partial charge in [-0.2, -0.15) is 0 Å².